The second kappa shape index (κ2) is 10.4. The van der Waals surface area contributed by atoms with Crippen LogP contribution >= 0.6 is 22.9 Å². The van der Waals surface area contributed by atoms with Gasteiger partial charge >= 0.3 is 6.18 Å². The van der Waals surface area contributed by atoms with E-state index in [0.29, 0.717) is 11.1 Å². The monoisotopic (exact) mass is 515 g/mol. The molecule has 0 saturated carbocycles. The molecule has 1 unspecified atom stereocenters. The minimum Gasteiger partial charge on any atom is -0.373 e. The minimum absolute atomic E-state index is 0.0682. The molecule has 0 saturated heterocycles. The molecular weight excluding hydrogens is 499 g/mol. The number of nitrogens with zero attached hydrogens (tertiary/aromatic N) is 4. The molecule has 0 radical (unpaired) electrons. The number of amides is 2. The lowest BCUT2D eigenvalue weighted by Crippen LogP contribution is -2.26. The van der Waals surface area contributed by atoms with Gasteiger partial charge in [-0.2, -0.15) is 13.2 Å². The fraction of sp³-hybridized carbons (Fsp3) is 0.263. The third-order valence-electron chi connectivity index (χ3n) is 4.36. The van der Waals surface area contributed by atoms with Crippen molar-refractivity contribution in [2.24, 2.45) is 0 Å². The predicted molar refractivity (Wildman–Crippen MR) is 116 cm³/mol. The maximum Gasteiger partial charge on any atom is 0.418 e. The van der Waals surface area contributed by atoms with Crippen molar-refractivity contribution in [3.8, 4) is 0 Å². The highest BCUT2D eigenvalue weighted by Gasteiger charge is 2.34. The summed E-state index contributed by atoms with van der Waals surface area (Å²) in [6.07, 6.45) is -2.80. The van der Waals surface area contributed by atoms with E-state index in [4.69, 9.17) is 11.6 Å². The standard InChI is InChI=1S/C19H17ClF3N7O3S/c1-8(29-16(32)12-4-11(15(31)24-2)27-7-28-12)18-26-6-13(34-18)17(33)30-14-3-9(19(21,22)23)10(20)5-25-14/h3-8,16,29,32H,1-2H3,(H,24,31)(H,25,30,33)/t8-,16?/m1/s1. The number of hydrogen-bond donors (Lipinski definition) is 4. The molecule has 0 aliphatic rings. The van der Waals surface area contributed by atoms with Gasteiger partial charge in [-0.15, -0.1) is 11.3 Å². The summed E-state index contributed by atoms with van der Waals surface area (Å²) in [5.74, 6) is -1.49. The number of aromatic nitrogens is 4. The zero-order valence-electron chi connectivity index (χ0n) is 17.5. The van der Waals surface area contributed by atoms with Crippen LogP contribution in [0.4, 0.5) is 19.0 Å². The van der Waals surface area contributed by atoms with Gasteiger partial charge in [0.25, 0.3) is 11.8 Å². The van der Waals surface area contributed by atoms with E-state index in [1.165, 1.54) is 19.3 Å². The maximum atomic E-state index is 13.0. The van der Waals surface area contributed by atoms with Gasteiger partial charge in [0.05, 0.1) is 28.5 Å². The first-order chi connectivity index (χ1) is 16.0. The number of halogens is 4. The molecule has 4 N–H and O–H groups in total. The molecule has 34 heavy (non-hydrogen) atoms. The number of hydrogen-bond acceptors (Lipinski definition) is 9. The molecule has 0 aromatic carbocycles. The van der Waals surface area contributed by atoms with Crippen molar-refractivity contribution in [1.29, 1.82) is 0 Å². The van der Waals surface area contributed by atoms with Crippen LogP contribution in [0, 0.1) is 0 Å². The fourth-order valence-electron chi connectivity index (χ4n) is 2.66. The molecule has 0 spiro atoms. The highest BCUT2D eigenvalue weighted by Crippen LogP contribution is 2.35. The first-order valence-corrected chi connectivity index (χ1v) is 10.7. The van der Waals surface area contributed by atoms with Crippen LogP contribution in [0.25, 0.3) is 0 Å². The SMILES string of the molecule is CNC(=O)c1cc(C(O)N[C@H](C)c2ncc(C(=O)Nc3cc(C(F)(F)F)c(Cl)cn3)s2)ncn1. The van der Waals surface area contributed by atoms with Crippen molar-refractivity contribution in [2.45, 2.75) is 25.4 Å². The van der Waals surface area contributed by atoms with Gasteiger partial charge in [0.2, 0.25) is 0 Å². The number of carbonyl (C=O) groups is 2. The lowest BCUT2D eigenvalue weighted by Gasteiger charge is -2.17. The zero-order valence-corrected chi connectivity index (χ0v) is 19.1. The lowest BCUT2D eigenvalue weighted by atomic mass is 10.2. The topological polar surface area (TPSA) is 142 Å². The van der Waals surface area contributed by atoms with Crippen molar-refractivity contribution >= 4 is 40.6 Å². The largest absolute Gasteiger partial charge is 0.418 e. The smallest absolute Gasteiger partial charge is 0.373 e. The number of aliphatic hydroxyl groups excluding tert-OH is 1. The Morgan fingerprint density at radius 1 is 1.12 bits per heavy atom. The van der Waals surface area contributed by atoms with Crippen LogP contribution in [0.1, 0.15) is 55.6 Å². The van der Waals surface area contributed by atoms with E-state index in [1.54, 1.807) is 6.92 Å². The van der Waals surface area contributed by atoms with E-state index < -0.39 is 40.8 Å². The molecule has 0 bridgehead atoms. The van der Waals surface area contributed by atoms with Crippen LogP contribution in [-0.4, -0.2) is 43.9 Å². The second-order valence-corrected chi connectivity index (χ2v) is 8.23. The molecule has 3 aromatic heterocycles. The Morgan fingerprint density at radius 3 is 2.53 bits per heavy atom. The number of rotatable bonds is 7. The molecule has 2 atom stereocenters. The first kappa shape index (κ1) is 25.4. The number of aliphatic hydroxyl groups is 1. The third kappa shape index (κ3) is 6.02. The Hall–Kier alpha value is -3.20. The van der Waals surface area contributed by atoms with Crippen molar-refractivity contribution in [3.05, 3.63) is 62.7 Å². The van der Waals surface area contributed by atoms with E-state index in [-0.39, 0.29) is 22.1 Å². The average Bonchev–Trinajstić information content (AvgIpc) is 3.30. The van der Waals surface area contributed by atoms with E-state index in [0.717, 1.165) is 23.9 Å². The Morgan fingerprint density at radius 2 is 1.85 bits per heavy atom. The Bertz CT molecular complexity index is 1210. The maximum absolute atomic E-state index is 13.0. The second-order valence-electron chi connectivity index (χ2n) is 6.76. The fourth-order valence-corrected chi connectivity index (χ4v) is 3.70. The normalized spacial score (nSPS) is 13.3. The van der Waals surface area contributed by atoms with Crippen molar-refractivity contribution in [2.75, 3.05) is 12.4 Å². The van der Waals surface area contributed by atoms with Crippen LogP contribution in [0.5, 0.6) is 0 Å². The summed E-state index contributed by atoms with van der Waals surface area (Å²) in [4.78, 5) is 39.8. The molecule has 10 nitrogen and oxygen atoms in total. The van der Waals surface area contributed by atoms with Crippen molar-refractivity contribution in [3.63, 3.8) is 0 Å². The molecule has 3 heterocycles. The summed E-state index contributed by atoms with van der Waals surface area (Å²) in [6, 6.07) is 1.40. The number of nitrogens with one attached hydrogen (secondary N) is 3. The van der Waals surface area contributed by atoms with Gasteiger partial charge in [0.15, 0.2) is 0 Å². The molecule has 180 valence electrons. The van der Waals surface area contributed by atoms with E-state index in [9.17, 15) is 27.9 Å². The first-order valence-electron chi connectivity index (χ1n) is 9.47. The summed E-state index contributed by atoms with van der Waals surface area (Å²) in [7, 11) is 1.44. The van der Waals surface area contributed by atoms with Gasteiger partial charge in [-0.3, -0.25) is 14.9 Å². The Balaban J connectivity index is 1.68. The molecule has 0 aliphatic carbocycles. The Kier molecular flexibility index (Phi) is 7.76. The highest BCUT2D eigenvalue weighted by atomic mass is 35.5. The highest BCUT2D eigenvalue weighted by molar-refractivity contribution is 7.13. The molecule has 3 aromatic rings. The third-order valence-corrected chi connectivity index (χ3v) is 5.84. The minimum atomic E-state index is -4.70. The van der Waals surface area contributed by atoms with Gasteiger partial charge in [-0.25, -0.2) is 19.9 Å². The predicted octanol–water partition coefficient (Wildman–Crippen LogP) is 2.95. The van der Waals surface area contributed by atoms with Crippen LogP contribution in [0.2, 0.25) is 5.02 Å². The summed E-state index contributed by atoms with van der Waals surface area (Å²) in [5.41, 5.74) is -0.913. The summed E-state index contributed by atoms with van der Waals surface area (Å²) >= 11 is 6.49. The zero-order chi connectivity index (χ0) is 25.0. The van der Waals surface area contributed by atoms with Gasteiger partial charge in [0.1, 0.15) is 34.0 Å². The molecule has 3 rings (SSSR count). The molecule has 0 fully saturated rings. The Labute approximate surface area is 199 Å². The molecule has 0 aliphatic heterocycles. The molecule has 2 amide bonds. The number of carbonyl (C=O) groups excluding carboxylic acids is 2. The summed E-state index contributed by atoms with van der Waals surface area (Å²) in [5, 5.41) is 17.7. The van der Waals surface area contributed by atoms with Crippen LogP contribution in [0.15, 0.2) is 30.9 Å². The van der Waals surface area contributed by atoms with E-state index >= 15 is 0 Å². The van der Waals surface area contributed by atoms with Crippen LogP contribution in [-0.2, 0) is 6.18 Å². The van der Waals surface area contributed by atoms with Crippen LogP contribution < -0.4 is 16.0 Å². The van der Waals surface area contributed by atoms with E-state index in [2.05, 4.69) is 35.9 Å². The van der Waals surface area contributed by atoms with Gasteiger partial charge in [-0.1, -0.05) is 11.6 Å². The molecular formula is C19H17ClF3N7O3S. The average molecular weight is 516 g/mol. The number of pyridine rings is 1. The quantitative estimate of drug-likeness (QED) is 0.352. The number of thiazole rings is 1. The summed E-state index contributed by atoms with van der Waals surface area (Å²) < 4.78 is 39.0. The molecule has 15 heteroatoms. The number of alkyl halides is 3. The van der Waals surface area contributed by atoms with Crippen LogP contribution in [0.3, 0.4) is 0 Å². The van der Waals surface area contributed by atoms with Gasteiger partial charge in [0, 0.05) is 13.2 Å². The van der Waals surface area contributed by atoms with Gasteiger partial charge < -0.3 is 15.7 Å². The summed E-state index contributed by atoms with van der Waals surface area (Å²) in [6.45, 7) is 1.67. The van der Waals surface area contributed by atoms with Crippen molar-refractivity contribution in [1.82, 2.24) is 30.6 Å². The van der Waals surface area contributed by atoms with Crippen molar-refractivity contribution < 1.29 is 27.9 Å². The van der Waals surface area contributed by atoms with E-state index in [1.807, 2.05) is 0 Å². The van der Waals surface area contributed by atoms with Gasteiger partial charge in [-0.05, 0) is 19.1 Å². The number of anilines is 1. The lowest BCUT2D eigenvalue weighted by molar-refractivity contribution is -0.137.